The van der Waals surface area contributed by atoms with Gasteiger partial charge in [-0.3, -0.25) is 0 Å². The number of hydrogen-bond acceptors (Lipinski definition) is 2. The SMILES string of the molecule is CC(NS(=O)(=O)c1cc(Cl)cc(Cl)c1)c1ccccc1. The van der Waals surface area contributed by atoms with E-state index in [4.69, 9.17) is 23.2 Å². The summed E-state index contributed by atoms with van der Waals surface area (Å²) in [5.74, 6) is 0. The van der Waals surface area contributed by atoms with Crippen LogP contribution in [-0.2, 0) is 10.0 Å². The molecular formula is C14H13Cl2NO2S. The van der Waals surface area contributed by atoms with Crippen molar-refractivity contribution in [3.05, 3.63) is 64.1 Å². The fourth-order valence-electron chi connectivity index (χ4n) is 1.79. The van der Waals surface area contributed by atoms with Crippen LogP contribution in [0.15, 0.2) is 53.4 Å². The van der Waals surface area contributed by atoms with Gasteiger partial charge in [-0.25, -0.2) is 13.1 Å². The van der Waals surface area contributed by atoms with Crippen molar-refractivity contribution in [3.63, 3.8) is 0 Å². The average molecular weight is 330 g/mol. The molecular weight excluding hydrogens is 317 g/mol. The highest BCUT2D eigenvalue weighted by Gasteiger charge is 2.19. The lowest BCUT2D eigenvalue weighted by atomic mass is 10.1. The summed E-state index contributed by atoms with van der Waals surface area (Å²) in [6.07, 6.45) is 0. The van der Waals surface area contributed by atoms with E-state index in [0.29, 0.717) is 0 Å². The van der Waals surface area contributed by atoms with Crippen LogP contribution in [0, 0.1) is 0 Å². The summed E-state index contributed by atoms with van der Waals surface area (Å²) in [5.41, 5.74) is 0.879. The molecule has 0 heterocycles. The molecule has 0 aromatic heterocycles. The molecule has 1 unspecified atom stereocenters. The summed E-state index contributed by atoms with van der Waals surface area (Å²) in [4.78, 5) is 0.0535. The van der Waals surface area contributed by atoms with Gasteiger partial charge in [0.05, 0.1) is 4.90 Å². The number of benzene rings is 2. The molecule has 2 aromatic rings. The minimum Gasteiger partial charge on any atom is -0.207 e. The Bertz CT molecular complexity index is 682. The van der Waals surface area contributed by atoms with Crippen molar-refractivity contribution in [3.8, 4) is 0 Å². The molecule has 0 aliphatic heterocycles. The molecule has 0 amide bonds. The molecule has 106 valence electrons. The maximum atomic E-state index is 12.3. The molecule has 0 aliphatic carbocycles. The second kappa shape index (κ2) is 6.14. The second-order valence-electron chi connectivity index (χ2n) is 4.36. The van der Waals surface area contributed by atoms with Crippen LogP contribution in [-0.4, -0.2) is 8.42 Å². The summed E-state index contributed by atoms with van der Waals surface area (Å²) in [5, 5.41) is 0.565. The number of nitrogens with one attached hydrogen (secondary N) is 1. The van der Waals surface area contributed by atoms with Gasteiger partial charge < -0.3 is 0 Å². The van der Waals surface area contributed by atoms with Gasteiger partial charge in [-0.15, -0.1) is 0 Å². The molecule has 0 spiro atoms. The summed E-state index contributed by atoms with van der Waals surface area (Å²) in [7, 11) is -3.67. The molecule has 0 bridgehead atoms. The Labute approximate surface area is 128 Å². The Hall–Kier alpha value is -1.07. The van der Waals surface area contributed by atoms with Crippen molar-refractivity contribution >= 4 is 33.2 Å². The lowest BCUT2D eigenvalue weighted by Gasteiger charge is -2.15. The van der Waals surface area contributed by atoms with Gasteiger partial charge >= 0.3 is 0 Å². The largest absolute Gasteiger partial charge is 0.241 e. The van der Waals surface area contributed by atoms with E-state index in [-0.39, 0.29) is 21.0 Å². The van der Waals surface area contributed by atoms with Crippen molar-refractivity contribution in [2.45, 2.75) is 17.9 Å². The van der Waals surface area contributed by atoms with Gasteiger partial charge in [0.1, 0.15) is 0 Å². The summed E-state index contributed by atoms with van der Waals surface area (Å²) in [6, 6.07) is 13.2. The van der Waals surface area contributed by atoms with E-state index in [1.807, 2.05) is 30.3 Å². The third-order valence-electron chi connectivity index (χ3n) is 2.78. The molecule has 2 rings (SSSR count). The van der Waals surface area contributed by atoms with Crippen LogP contribution in [0.2, 0.25) is 10.0 Å². The molecule has 2 aromatic carbocycles. The topological polar surface area (TPSA) is 46.2 Å². The molecule has 1 N–H and O–H groups in total. The van der Waals surface area contributed by atoms with E-state index < -0.39 is 10.0 Å². The van der Waals surface area contributed by atoms with Gasteiger partial charge in [-0.1, -0.05) is 53.5 Å². The highest BCUT2D eigenvalue weighted by Crippen LogP contribution is 2.23. The fourth-order valence-corrected chi connectivity index (χ4v) is 3.75. The van der Waals surface area contributed by atoms with E-state index in [9.17, 15) is 8.42 Å². The lowest BCUT2D eigenvalue weighted by molar-refractivity contribution is 0.567. The van der Waals surface area contributed by atoms with Gasteiger partial charge in [0, 0.05) is 16.1 Å². The Morgan fingerprint density at radius 2 is 1.55 bits per heavy atom. The van der Waals surface area contributed by atoms with Crippen LogP contribution in [0.25, 0.3) is 0 Å². The molecule has 0 aliphatic rings. The Balaban J connectivity index is 2.27. The number of hydrogen-bond donors (Lipinski definition) is 1. The molecule has 0 fully saturated rings. The third kappa shape index (κ3) is 3.73. The van der Waals surface area contributed by atoms with Crippen molar-refractivity contribution in [1.82, 2.24) is 4.72 Å². The molecule has 20 heavy (non-hydrogen) atoms. The monoisotopic (exact) mass is 329 g/mol. The average Bonchev–Trinajstić information content (AvgIpc) is 2.38. The van der Waals surface area contributed by atoms with Crippen LogP contribution >= 0.6 is 23.2 Å². The smallest absolute Gasteiger partial charge is 0.207 e. The highest BCUT2D eigenvalue weighted by atomic mass is 35.5. The summed E-state index contributed by atoms with van der Waals surface area (Å²) >= 11 is 11.7. The standard InChI is InChI=1S/C14H13Cl2NO2S/c1-10(11-5-3-2-4-6-11)17-20(18,19)14-8-12(15)7-13(16)9-14/h2-10,17H,1H3. The quantitative estimate of drug-likeness (QED) is 0.920. The predicted molar refractivity (Wildman–Crippen MR) is 81.6 cm³/mol. The van der Waals surface area contributed by atoms with E-state index in [1.54, 1.807) is 6.92 Å². The molecule has 6 heteroatoms. The van der Waals surface area contributed by atoms with Crippen LogP contribution < -0.4 is 4.72 Å². The van der Waals surface area contributed by atoms with Gasteiger partial charge in [0.15, 0.2) is 0 Å². The molecule has 1 atom stereocenters. The molecule has 0 saturated heterocycles. The van der Waals surface area contributed by atoms with Gasteiger partial charge in [-0.2, -0.15) is 0 Å². The molecule has 3 nitrogen and oxygen atoms in total. The Morgan fingerprint density at radius 1 is 1.00 bits per heavy atom. The maximum absolute atomic E-state index is 12.3. The maximum Gasteiger partial charge on any atom is 0.241 e. The van der Waals surface area contributed by atoms with Gasteiger partial charge in [0.25, 0.3) is 0 Å². The zero-order valence-electron chi connectivity index (χ0n) is 10.7. The van der Waals surface area contributed by atoms with Crippen molar-refractivity contribution < 1.29 is 8.42 Å². The molecule has 0 radical (unpaired) electrons. The van der Waals surface area contributed by atoms with E-state index >= 15 is 0 Å². The van der Waals surface area contributed by atoms with Crippen molar-refractivity contribution in [1.29, 1.82) is 0 Å². The van der Waals surface area contributed by atoms with Crippen molar-refractivity contribution in [2.75, 3.05) is 0 Å². The van der Waals surface area contributed by atoms with Crippen LogP contribution in [0.1, 0.15) is 18.5 Å². The Kier molecular flexibility index (Phi) is 4.70. The van der Waals surface area contributed by atoms with Gasteiger partial charge in [-0.05, 0) is 30.7 Å². The Morgan fingerprint density at radius 3 is 2.10 bits per heavy atom. The normalized spacial score (nSPS) is 13.2. The minimum absolute atomic E-state index is 0.0535. The summed E-state index contributed by atoms with van der Waals surface area (Å²) in [6.45, 7) is 1.78. The predicted octanol–water partition coefficient (Wildman–Crippen LogP) is 4.03. The first kappa shape index (κ1) is 15.3. The van der Waals surface area contributed by atoms with Crippen molar-refractivity contribution in [2.24, 2.45) is 0 Å². The lowest BCUT2D eigenvalue weighted by Crippen LogP contribution is -2.26. The minimum atomic E-state index is -3.67. The number of halogens is 2. The first-order valence-corrected chi connectivity index (χ1v) is 8.16. The second-order valence-corrected chi connectivity index (χ2v) is 6.95. The first-order chi connectivity index (χ1) is 9.38. The highest BCUT2D eigenvalue weighted by molar-refractivity contribution is 7.89. The van der Waals surface area contributed by atoms with Crippen LogP contribution in [0.4, 0.5) is 0 Å². The van der Waals surface area contributed by atoms with E-state index in [1.165, 1.54) is 18.2 Å². The first-order valence-electron chi connectivity index (χ1n) is 5.92. The third-order valence-corrected chi connectivity index (χ3v) is 4.73. The van der Waals surface area contributed by atoms with Crippen LogP contribution in [0.3, 0.4) is 0 Å². The van der Waals surface area contributed by atoms with E-state index in [0.717, 1.165) is 5.56 Å². The van der Waals surface area contributed by atoms with Crippen LogP contribution in [0.5, 0.6) is 0 Å². The molecule has 0 saturated carbocycles. The van der Waals surface area contributed by atoms with Gasteiger partial charge in [0.2, 0.25) is 10.0 Å². The summed E-state index contributed by atoms with van der Waals surface area (Å²) < 4.78 is 27.2. The number of sulfonamides is 1. The zero-order valence-corrected chi connectivity index (χ0v) is 13.0. The number of rotatable bonds is 4. The van der Waals surface area contributed by atoms with E-state index in [2.05, 4.69) is 4.72 Å². The fraction of sp³-hybridized carbons (Fsp3) is 0.143. The zero-order chi connectivity index (χ0) is 14.8.